The first-order valence-electron chi connectivity index (χ1n) is 9.86. The third-order valence-corrected chi connectivity index (χ3v) is 5.53. The molecule has 2 saturated heterocycles. The number of ether oxygens (including phenoxy) is 1. The molecule has 0 saturated carbocycles. The number of nitrogens with zero attached hydrogens (tertiary/aromatic N) is 4. The Kier molecular flexibility index (Phi) is 5.33. The molecule has 9 heteroatoms. The van der Waals surface area contributed by atoms with Gasteiger partial charge in [0.15, 0.2) is 0 Å². The summed E-state index contributed by atoms with van der Waals surface area (Å²) in [5, 5.41) is 15.4. The number of hydrogen-bond donors (Lipinski definition) is 2. The standard InChI is InChI=1S/C21H22N6O3/c1-2-21(13-22)8-10-27(19(21)29)17-7-9-23-20(26-17)25-15-5-3-14(4-6-15)18(28)24-16-11-30-12-16/h3-7,9,16H,2,8,10-12H2,1H3,(H,24,28)(H,23,25,26)/t21-/m1/s1. The van der Waals surface area contributed by atoms with Gasteiger partial charge in [-0.1, -0.05) is 6.92 Å². The van der Waals surface area contributed by atoms with Gasteiger partial charge in [-0.05, 0) is 43.2 Å². The predicted octanol–water partition coefficient (Wildman–Crippen LogP) is 2.01. The van der Waals surface area contributed by atoms with E-state index in [1.807, 2.05) is 6.92 Å². The van der Waals surface area contributed by atoms with Gasteiger partial charge in [0.25, 0.3) is 5.91 Å². The molecular weight excluding hydrogens is 384 g/mol. The molecule has 3 heterocycles. The zero-order valence-corrected chi connectivity index (χ0v) is 16.6. The highest BCUT2D eigenvalue weighted by Gasteiger charge is 2.46. The van der Waals surface area contributed by atoms with Gasteiger partial charge in [-0.15, -0.1) is 0 Å². The second-order valence-corrected chi connectivity index (χ2v) is 7.40. The van der Waals surface area contributed by atoms with E-state index >= 15 is 0 Å². The molecule has 2 aliphatic heterocycles. The molecule has 0 unspecified atom stereocenters. The molecule has 1 aromatic heterocycles. The Morgan fingerprint density at radius 3 is 2.70 bits per heavy atom. The number of amides is 2. The topological polar surface area (TPSA) is 120 Å². The van der Waals surface area contributed by atoms with Crippen molar-refractivity contribution in [2.75, 3.05) is 30.0 Å². The van der Waals surface area contributed by atoms with E-state index in [0.717, 1.165) is 0 Å². The van der Waals surface area contributed by atoms with Crippen LogP contribution in [0.1, 0.15) is 30.1 Å². The summed E-state index contributed by atoms with van der Waals surface area (Å²) in [5.41, 5.74) is 0.293. The van der Waals surface area contributed by atoms with Crippen molar-refractivity contribution in [3.8, 4) is 6.07 Å². The van der Waals surface area contributed by atoms with Crippen molar-refractivity contribution in [2.24, 2.45) is 5.41 Å². The molecule has 2 aromatic rings. The van der Waals surface area contributed by atoms with Crippen LogP contribution in [0.25, 0.3) is 0 Å². The van der Waals surface area contributed by atoms with Gasteiger partial charge in [-0.2, -0.15) is 10.2 Å². The van der Waals surface area contributed by atoms with Gasteiger partial charge in [0.05, 0.1) is 25.3 Å². The van der Waals surface area contributed by atoms with Crippen LogP contribution in [0.4, 0.5) is 17.5 Å². The average molecular weight is 406 g/mol. The summed E-state index contributed by atoms with van der Waals surface area (Å²) >= 11 is 0. The Morgan fingerprint density at radius 2 is 2.10 bits per heavy atom. The summed E-state index contributed by atoms with van der Waals surface area (Å²) in [4.78, 5) is 35.1. The first kappa shape index (κ1) is 19.8. The maximum Gasteiger partial charge on any atom is 0.251 e. The fourth-order valence-corrected chi connectivity index (χ4v) is 3.48. The van der Waals surface area contributed by atoms with Crippen molar-refractivity contribution in [3.63, 3.8) is 0 Å². The van der Waals surface area contributed by atoms with Crippen LogP contribution in [0.2, 0.25) is 0 Å². The summed E-state index contributed by atoms with van der Waals surface area (Å²) in [6.07, 6.45) is 2.53. The summed E-state index contributed by atoms with van der Waals surface area (Å²) in [6.45, 7) is 3.40. The lowest BCUT2D eigenvalue weighted by Gasteiger charge is -2.26. The fourth-order valence-electron chi connectivity index (χ4n) is 3.48. The second-order valence-electron chi connectivity index (χ2n) is 7.40. The van der Waals surface area contributed by atoms with Crippen LogP contribution in [-0.2, 0) is 9.53 Å². The normalized spacial score (nSPS) is 21.1. The molecule has 4 rings (SSSR count). The van der Waals surface area contributed by atoms with E-state index in [2.05, 4.69) is 26.7 Å². The van der Waals surface area contributed by atoms with Crippen LogP contribution < -0.4 is 15.5 Å². The molecule has 9 nitrogen and oxygen atoms in total. The lowest BCUT2D eigenvalue weighted by Crippen LogP contribution is -2.48. The molecule has 0 spiro atoms. The lowest BCUT2D eigenvalue weighted by molar-refractivity contribution is -0.123. The lowest BCUT2D eigenvalue weighted by atomic mass is 9.85. The zero-order chi connectivity index (χ0) is 21.1. The maximum atomic E-state index is 12.7. The molecule has 0 aliphatic carbocycles. The molecule has 30 heavy (non-hydrogen) atoms. The third kappa shape index (κ3) is 3.69. The monoisotopic (exact) mass is 406 g/mol. The van der Waals surface area contributed by atoms with Crippen molar-refractivity contribution in [1.29, 1.82) is 5.26 Å². The minimum atomic E-state index is -0.972. The van der Waals surface area contributed by atoms with Crippen LogP contribution in [-0.4, -0.2) is 47.6 Å². The molecule has 0 bridgehead atoms. The van der Waals surface area contributed by atoms with E-state index in [-0.39, 0.29) is 17.9 Å². The van der Waals surface area contributed by atoms with Crippen LogP contribution in [0.5, 0.6) is 0 Å². The van der Waals surface area contributed by atoms with Gasteiger partial charge in [-0.25, -0.2) is 4.98 Å². The minimum absolute atomic E-state index is 0.0761. The van der Waals surface area contributed by atoms with Gasteiger partial charge in [0.2, 0.25) is 11.9 Å². The Balaban J connectivity index is 1.44. The smallest absolute Gasteiger partial charge is 0.251 e. The molecular formula is C21H22N6O3. The number of aromatic nitrogens is 2. The number of nitriles is 1. The Hall–Kier alpha value is -3.51. The van der Waals surface area contributed by atoms with E-state index in [0.29, 0.717) is 55.6 Å². The second kappa shape index (κ2) is 8.08. The largest absolute Gasteiger partial charge is 0.377 e. The Morgan fingerprint density at radius 1 is 1.33 bits per heavy atom. The van der Waals surface area contributed by atoms with Crippen LogP contribution >= 0.6 is 0 Å². The molecule has 2 N–H and O–H groups in total. The summed E-state index contributed by atoms with van der Waals surface area (Å²) in [5.74, 6) is 0.429. The van der Waals surface area contributed by atoms with Gasteiger partial charge >= 0.3 is 0 Å². The Labute approximate surface area is 174 Å². The van der Waals surface area contributed by atoms with Crippen molar-refractivity contribution in [3.05, 3.63) is 42.1 Å². The summed E-state index contributed by atoms with van der Waals surface area (Å²) < 4.78 is 5.06. The van der Waals surface area contributed by atoms with E-state index < -0.39 is 5.41 Å². The van der Waals surface area contributed by atoms with E-state index in [1.54, 1.807) is 36.5 Å². The average Bonchev–Trinajstić information content (AvgIpc) is 3.08. The number of benzene rings is 1. The molecule has 0 radical (unpaired) electrons. The fraction of sp³-hybridized carbons (Fsp3) is 0.381. The highest BCUT2D eigenvalue weighted by Crippen LogP contribution is 2.36. The number of carbonyl (C=O) groups is 2. The van der Waals surface area contributed by atoms with Crippen molar-refractivity contribution in [2.45, 2.75) is 25.8 Å². The number of nitrogens with one attached hydrogen (secondary N) is 2. The van der Waals surface area contributed by atoms with Gasteiger partial charge in [-0.3, -0.25) is 14.5 Å². The number of anilines is 3. The first-order chi connectivity index (χ1) is 14.5. The zero-order valence-electron chi connectivity index (χ0n) is 16.6. The Bertz CT molecular complexity index is 999. The van der Waals surface area contributed by atoms with Gasteiger partial charge in [0.1, 0.15) is 11.2 Å². The van der Waals surface area contributed by atoms with Crippen LogP contribution in [0.15, 0.2) is 36.5 Å². The van der Waals surface area contributed by atoms with Crippen molar-refractivity contribution < 1.29 is 14.3 Å². The molecule has 2 amide bonds. The molecule has 154 valence electrons. The predicted molar refractivity (Wildman–Crippen MR) is 109 cm³/mol. The summed E-state index contributed by atoms with van der Waals surface area (Å²) in [6, 6.07) is 10.9. The van der Waals surface area contributed by atoms with Crippen molar-refractivity contribution in [1.82, 2.24) is 15.3 Å². The first-order valence-corrected chi connectivity index (χ1v) is 9.86. The number of hydrogen-bond acceptors (Lipinski definition) is 7. The van der Waals surface area contributed by atoms with E-state index in [4.69, 9.17) is 4.74 Å². The van der Waals surface area contributed by atoms with Gasteiger partial charge < -0.3 is 15.4 Å². The third-order valence-electron chi connectivity index (χ3n) is 5.53. The van der Waals surface area contributed by atoms with Crippen LogP contribution in [0.3, 0.4) is 0 Å². The van der Waals surface area contributed by atoms with E-state index in [9.17, 15) is 14.9 Å². The van der Waals surface area contributed by atoms with Crippen molar-refractivity contribution >= 4 is 29.3 Å². The molecule has 2 aliphatic rings. The van der Waals surface area contributed by atoms with Crippen LogP contribution in [0, 0.1) is 16.7 Å². The van der Waals surface area contributed by atoms with Gasteiger partial charge in [0, 0.05) is 24.0 Å². The van der Waals surface area contributed by atoms with E-state index in [1.165, 1.54) is 4.90 Å². The number of carbonyl (C=O) groups excluding carboxylic acids is 2. The molecule has 1 aromatic carbocycles. The highest BCUT2D eigenvalue weighted by atomic mass is 16.5. The molecule has 1 atom stereocenters. The number of rotatable bonds is 6. The maximum absolute atomic E-state index is 12.7. The minimum Gasteiger partial charge on any atom is -0.377 e. The quantitative estimate of drug-likeness (QED) is 0.753. The summed E-state index contributed by atoms with van der Waals surface area (Å²) in [7, 11) is 0. The highest BCUT2D eigenvalue weighted by molar-refractivity contribution is 6.01. The SMILES string of the molecule is CC[C@]1(C#N)CCN(c2ccnc(Nc3ccc(C(=O)NC4COC4)cc3)n2)C1=O. The molecule has 2 fully saturated rings.